The number of aromatic nitrogens is 2. The summed E-state index contributed by atoms with van der Waals surface area (Å²) >= 11 is 1.58. The lowest BCUT2D eigenvalue weighted by atomic mass is 9.89. The van der Waals surface area contributed by atoms with Crippen molar-refractivity contribution in [3.63, 3.8) is 0 Å². The van der Waals surface area contributed by atoms with E-state index in [0.29, 0.717) is 6.61 Å². The van der Waals surface area contributed by atoms with Gasteiger partial charge in [0.2, 0.25) is 0 Å². The van der Waals surface area contributed by atoms with Gasteiger partial charge in [-0.15, -0.1) is 11.3 Å². The lowest BCUT2D eigenvalue weighted by Gasteiger charge is -2.16. The molecule has 0 atom stereocenters. The largest absolute Gasteiger partial charge is 0.462 e. The summed E-state index contributed by atoms with van der Waals surface area (Å²) in [4.78, 5) is 14.5. The summed E-state index contributed by atoms with van der Waals surface area (Å²) in [6.07, 6.45) is 4.56. The molecule has 4 nitrogen and oxygen atoms in total. The van der Waals surface area contributed by atoms with Gasteiger partial charge in [0, 0.05) is 23.9 Å². The van der Waals surface area contributed by atoms with Crippen LogP contribution in [0.25, 0.3) is 11.3 Å². The van der Waals surface area contributed by atoms with E-state index in [0.717, 1.165) is 35.4 Å². The Hall–Kier alpha value is -2.40. The molecule has 0 radical (unpaired) electrons. The first-order valence-corrected chi connectivity index (χ1v) is 9.37. The first-order valence-electron chi connectivity index (χ1n) is 8.55. The van der Waals surface area contributed by atoms with Gasteiger partial charge in [0.15, 0.2) is 0 Å². The molecule has 0 saturated carbocycles. The SMILES string of the molecule is CCOC(=O)c1sc(Cc2ccccc2)c2c1CCc1cnn(C)c1-2. The van der Waals surface area contributed by atoms with Crippen molar-refractivity contribution in [1.29, 1.82) is 0 Å². The molecule has 0 saturated heterocycles. The van der Waals surface area contributed by atoms with Crippen LogP contribution in [-0.2, 0) is 31.0 Å². The standard InChI is InChI=1S/C20H20N2O2S/c1-3-24-20(23)19-15-10-9-14-12-21-22(2)18(14)17(15)16(25-19)11-13-7-5-4-6-8-13/h4-8,12H,3,9-11H2,1-2H3. The Morgan fingerprint density at radius 1 is 1.28 bits per heavy atom. The second-order valence-corrected chi connectivity index (χ2v) is 7.34. The van der Waals surface area contributed by atoms with Crippen LogP contribution in [0.15, 0.2) is 36.5 Å². The number of aryl methyl sites for hydroxylation is 2. The van der Waals surface area contributed by atoms with Gasteiger partial charge in [0.05, 0.1) is 18.5 Å². The lowest BCUT2D eigenvalue weighted by Crippen LogP contribution is -2.10. The zero-order valence-electron chi connectivity index (χ0n) is 14.4. The Morgan fingerprint density at radius 3 is 2.84 bits per heavy atom. The van der Waals surface area contributed by atoms with Crippen molar-refractivity contribution in [2.75, 3.05) is 6.61 Å². The maximum Gasteiger partial charge on any atom is 0.348 e. The molecule has 2 heterocycles. The van der Waals surface area contributed by atoms with Crippen molar-refractivity contribution in [2.45, 2.75) is 26.2 Å². The van der Waals surface area contributed by atoms with Gasteiger partial charge in [-0.2, -0.15) is 5.10 Å². The average Bonchev–Trinajstić information content (AvgIpc) is 3.17. The molecule has 0 spiro atoms. The van der Waals surface area contributed by atoms with Crippen LogP contribution >= 0.6 is 11.3 Å². The number of fused-ring (bicyclic) bond motifs is 3. The number of carbonyl (C=O) groups is 1. The summed E-state index contributed by atoms with van der Waals surface area (Å²) in [6, 6.07) is 10.4. The summed E-state index contributed by atoms with van der Waals surface area (Å²) in [6.45, 7) is 2.25. The Kier molecular flexibility index (Phi) is 4.17. The van der Waals surface area contributed by atoms with Crippen LogP contribution in [0.3, 0.4) is 0 Å². The summed E-state index contributed by atoms with van der Waals surface area (Å²) in [7, 11) is 1.97. The van der Waals surface area contributed by atoms with Crippen molar-refractivity contribution < 1.29 is 9.53 Å². The maximum absolute atomic E-state index is 12.5. The van der Waals surface area contributed by atoms with E-state index in [1.54, 1.807) is 11.3 Å². The van der Waals surface area contributed by atoms with E-state index in [2.05, 4.69) is 29.4 Å². The summed E-state index contributed by atoms with van der Waals surface area (Å²) in [5, 5.41) is 4.44. The number of ether oxygens (including phenoxy) is 1. The number of hydrogen-bond acceptors (Lipinski definition) is 4. The third-order valence-corrected chi connectivity index (χ3v) is 5.86. The number of hydrogen-bond donors (Lipinski definition) is 0. The number of benzene rings is 1. The molecule has 2 aromatic heterocycles. The first-order chi connectivity index (χ1) is 12.2. The van der Waals surface area contributed by atoms with E-state index in [9.17, 15) is 4.79 Å². The molecule has 0 aliphatic heterocycles. The second kappa shape index (κ2) is 6.48. The normalized spacial score (nSPS) is 12.6. The molecule has 3 aromatic rings. The quantitative estimate of drug-likeness (QED) is 0.666. The maximum atomic E-state index is 12.5. The molecule has 1 aliphatic carbocycles. The zero-order chi connectivity index (χ0) is 17.4. The highest BCUT2D eigenvalue weighted by Crippen LogP contribution is 2.43. The van der Waals surface area contributed by atoms with Crippen molar-refractivity contribution in [1.82, 2.24) is 9.78 Å². The van der Waals surface area contributed by atoms with Crippen LogP contribution in [0.2, 0.25) is 0 Å². The topological polar surface area (TPSA) is 44.1 Å². The van der Waals surface area contributed by atoms with Gasteiger partial charge in [-0.1, -0.05) is 30.3 Å². The minimum atomic E-state index is -0.200. The molecule has 0 N–H and O–H groups in total. The van der Waals surface area contributed by atoms with Crippen LogP contribution in [0.5, 0.6) is 0 Å². The molecule has 128 valence electrons. The molecular weight excluding hydrogens is 332 g/mol. The second-order valence-electron chi connectivity index (χ2n) is 6.23. The van der Waals surface area contributed by atoms with Gasteiger partial charge in [-0.05, 0) is 36.5 Å². The smallest absolute Gasteiger partial charge is 0.348 e. The van der Waals surface area contributed by atoms with Gasteiger partial charge in [-0.3, -0.25) is 4.68 Å². The fraction of sp³-hybridized carbons (Fsp3) is 0.300. The van der Waals surface area contributed by atoms with Crippen molar-refractivity contribution in [3.8, 4) is 11.3 Å². The number of carbonyl (C=O) groups excluding carboxylic acids is 1. The van der Waals surface area contributed by atoms with Crippen LogP contribution in [0.4, 0.5) is 0 Å². The highest BCUT2D eigenvalue weighted by Gasteiger charge is 2.30. The minimum Gasteiger partial charge on any atom is -0.462 e. The van der Waals surface area contributed by atoms with Gasteiger partial charge < -0.3 is 4.74 Å². The summed E-state index contributed by atoms with van der Waals surface area (Å²) in [5.41, 5.74) is 5.98. The van der Waals surface area contributed by atoms with E-state index in [1.165, 1.54) is 21.6 Å². The molecule has 25 heavy (non-hydrogen) atoms. The molecule has 0 amide bonds. The van der Waals surface area contributed by atoms with Crippen LogP contribution in [0, 0.1) is 0 Å². The predicted octanol–water partition coefficient (Wildman–Crippen LogP) is 4.01. The molecular formula is C20H20N2O2S. The Morgan fingerprint density at radius 2 is 2.08 bits per heavy atom. The number of esters is 1. The highest BCUT2D eigenvalue weighted by atomic mass is 32.1. The fourth-order valence-electron chi connectivity index (χ4n) is 3.55. The molecule has 0 unspecified atom stereocenters. The Balaban J connectivity index is 1.87. The molecule has 4 rings (SSSR count). The Bertz CT molecular complexity index is 925. The lowest BCUT2D eigenvalue weighted by molar-refractivity contribution is 0.0531. The molecule has 1 aliphatic rings. The van der Waals surface area contributed by atoms with Gasteiger partial charge in [0.25, 0.3) is 0 Å². The average molecular weight is 352 g/mol. The first kappa shape index (κ1) is 16.1. The zero-order valence-corrected chi connectivity index (χ0v) is 15.2. The van der Waals surface area contributed by atoms with Gasteiger partial charge in [0.1, 0.15) is 4.88 Å². The van der Waals surface area contributed by atoms with E-state index in [4.69, 9.17) is 4.74 Å². The van der Waals surface area contributed by atoms with E-state index in [-0.39, 0.29) is 5.97 Å². The van der Waals surface area contributed by atoms with E-state index in [1.807, 2.05) is 30.9 Å². The van der Waals surface area contributed by atoms with Crippen molar-refractivity contribution in [3.05, 3.63) is 63.0 Å². The summed E-state index contributed by atoms with van der Waals surface area (Å²) < 4.78 is 7.24. The van der Waals surface area contributed by atoms with Gasteiger partial charge in [-0.25, -0.2) is 4.79 Å². The third-order valence-electron chi connectivity index (χ3n) is 4.64. The number of thiophene rings is 1. The summed E-state index contributed by atoms with van der Waals surface area (Å²) in [5.74, 6) is -0.200. The third kappa shape index (κ3) is 2.78. The molecule has 5 heteroatoms. The molecule has 1 aromatic carbocycles. The number of rotatable bonds is 4. The highest BCUT2D eigenvalue weighted by molar-refractivity contribution is 7.14. The monoisotopic (exact) mass is 352 g/mol. The van der Waals surface area contributed by atoms with Crippen molar-refractivity contribution >= 4 is 17.3 Å². The Labute approximate surface area is 151 Å². The van der Waals surface area contributed by atoms with Gasteiger partial charge >= 0.3 is 5.97 Å². The van der Waals surface area contributed by atoms with Crippen molar-refractivity contribution in [2.24, 2.45) is 7.05 Å². The van der Waals surface area contributed by atoms with E-state index >= 15 is 0 Å². The predicted molar refractivity (Wildman–Crippen MR) is 99.1 cm³/mol. The minimum absolute atomic E-state index is 0.200. The number of nitrogens with zero attached hydrogens (tertiary/aromatic N) is 2. The van der Waals surface area contributed by atoms with Crippen LogP contribution < -0.4 is 0 Å². The van der Waals surface area contributed by atoms with Crippen LogP contribution in [0.1, 0.15) is 38.2 Å². The molecule has 0 bridgehead atoms. The fourth-order valence-corrected chi connectivity index (χ4v) is 4.82. The van der Waals surface area contributed by atoms with E-state index < -0.39 is 0 Å². The van der Waals surface area contributed by atoms with Crippen LogP contribution in [-0.4, -0.2) is 22.4 Å². The molecule has 0 fully saturated rings.